The maximum atomic E-state index is 10.7. The summed E-state index contributed by atoms with van der Waals surface area (Å²) in [5, 5.41) is 2.60. The average molecular weight is 211 g/mol. The fourth-order valence-electron chi connectivity index (χ4n) is 0.775. The Bertz CT molecular complexity index is 161. The van der Waals surface area contributed by atoms with Crippen molar-refractivity contribution in [1.29, 1.82) is 0 Å². The minimum Gasteiger partial charge on any atom is -0.352 e. The van der Waals surface area contributed by atoms with Gasteiger partial charge in [0.05, 0.1) is 0 Å². The number of rotatable bonds is 1. The summed E-state index contributed by atoms with van der Waals surface area (Å²) in [6.45, 7) is -0.828. The quantitative estimate of drug-likeness (QED) is 0.658. The molecule has 5 heteroatoms. The normalized spacial score (nSPS) is 27.9. The lowest BCUT2D eigenvalue weighted by Crippen LogP contribution is -2.19. The summed E-state index contributed by atoms with van der Waals surface area (Å²) in [7, 11) is 0. The standard InChI is InChI=1S/C4H5BrNO2P/c5-9(8)3-1-2-6-4(3)7/h3H,1-2H2/p+1. The highest BCUT2D eigenvalue weighted by Crippen LogP contribution is 2.39. The van der Waals surface area contributed by atoms with Crippen molar-refractivity contribution in [3.05, 3.63) is 0 Å². The van der Waals surface area contributed by atoms with Crippen molar-refractivity contribution in [2.24, 2.45) is 0 Å². The van der Waals surface area contributed by atoms with E-state index in [0.717, 1.165) is 0 Å². The van der Waals surface area contributed by atoms with Crippen molar-refractivity contribution < 1.29 is 9.36 Å². The number of carbonyl (C=O) groups is 1. The van der Waals surface area contributed by atoms with Crippen LogP contribution in [-0.2, 0) is 9.36 Å². The molecular formula is C4H6BrNO2P+. The number of carbonyl (C=O) groups excluding carboxylic acids is 1. The van der Waals surface area contributed by atoms with Crippen molar-refractivity contribution in [3.63, 3.8) is 0 Å². The summed E-state index contributed by atoms with van der Waals surface area (Å²) in [6.07, 6.45) is 0.694. The molecule has 2 unspecified atom stereocenters. The van der Waals surface area contributed by atoms with Gasteiger partial charge in [0, 0.05) is 13.0 Å². The van der Waals surface area contributed by atoms with Gasteiger partial charge in [0.2, 0.25) is 5.66 Å². The van der Waals surface area contributed by atoms with Crippen molar-refractivity contribution in [2.75, 3.05) is 6.54 Å². The second-order valence-corrected chi connectivity index (χ2v) is 5.13. The molecule has 0 bridgehead atoms. The molecule has 1 N–H and O–H groups in total. The zero-order valence-electron chi connectivity index (χ0n) is 4.63. The van der Waals surface area contributed by atoms with Crippen molar-refractivity contribution in [3.8, 4) is 0 Å². The van der Waals surface area contributed by atoms with E-state index >= 15 is 0 Å². The Morgan fingerprint density at radius 2 is 2.44 bits per heavy atom. The van der Waals surface area contributed by atoms with E-state index in [0.29, 0.717) is 13.0 Å². The van der Waals surface area contributed by atoms with Crippen LogP contribution < -0.4 is 5.32 Å². The summed E-state index contributed by atoms with van der Waals surface area (Å²) in [4.78, 5) is 10.7. The van der Waals surface area contributed by atoms with E-state index in [2.05, 4.69) is 20.8 Å². The Morgan fingerprint density at radius 3 is 2.67 bits per heavy atom. The SMILES string of the molecule is O=C1NCCC1[P+](=O)Br. The molecular weight excluding hydrogens is 205 g/mol. The van der Waals surface area contributed by atoms with Gasteiger partial charge in [0.1, 0.15) is 0 Å². The van der Waals surface area contributed by atoms with Gasteiger partial charge in [-0.1, -0.05) is 4.57 Å². The summed E-state index contributed by atoms with van der Waals surface area (Å²) < 4.78 is 10.7. The van der Waals surface area contributed by atoms with E-state index in [1.807, 2.05) is 0 Å². The molecule has 0 aromatic heterocycles. The smallest absolute Gasteiger partial charge is 0.352 e. The predicted molar refractivity (Wildman–Crippen MR) is 37.9 cm³/mol. The van der Waals surface area contributed by atoms with Crippen LogP contribution in [0.25, 0.3) is 0 Å². The molecule has 0 spiro atoms. The van der Waals surface area contributed by atoms with E-state index in [4.69, 9.17) is 0 Å². The van der Waals surface area contributed by atoms with Gasteiger partial charge < -0.3 is 5.32 Å². The first kappa shape index (κ1) is 7.16. The highest BCUT2D eigenvalue weighted by Gasteiger charge is 2.39. The number of hydrogen-bond acceptors (Lipinski definition) is 2. The molecule has 0 saturated carbocycles. The number of nitrogens with one attached hydrogen (secondary N) is 1. The third-order valence-electron chi connectivity index (χ3n) is 1.26. The lowest BCUT2D eigenvalue weighted by atomic mass is 10.4. The predicted octanol–water partition coefficient (Wildman–Crippen LogP) is 1.01. The Labute approximate surface area is 61.7 Å². The van der Waals surface area contributed by atoms with Gasteiger partial charge in [-0.2, -0.15) is 0 Å². The molecule has 0 aliphatic carbocycles. The molecule has 1 fully saturated rings. The molecule has 0 radical (unpaired) electrons. The molecule has 1 rings (SSSR count). The zero-order valence-corrected chi connectivity index (χ0v) is 7.11. The van der Waals surface area contributed by atoms with Gasteiger partial charge in [0.25, 0.3) is 21.4 Å². The number of halogens is 1. The zero-order chi connectivity index (χ0) is 6.85. The molecule has 9 heavy (non-hydrogen) atoms. The molecule has 50 valence electrons. The first-order valence-corrected chi connectivity index (χ1v) is 5.96. The van der Waals surface area contributed by atoms with Gasteiger partial charge in [-0.15, -0.1) is 0 Å². The van der Waals surface area contributed by atoms with Crippen LogP contribution in [0.2, 0.25) is 0 Å². The van der Waals surface area contributed by atoms with Crippen LogP contribution in [0.4, 0.5) is 0 Å². The summed E-state index contributed by atoms with van der Waals surface area (Å²) in [5.41, 5.74) is -0.292. The minimum absolute atomic E-state index is 0.0898. The van der Waals surface area contributed by atoms with Crippen LogP contribution in [0, 0.1) is 0 Å². The first-order chi connectivity index (χ1) is 4.22. The van der Waals surface area contributed by atoms with Crippen LogP contribution in [0.3, 0.4) is 0 Å². The van der Waals surface area contributed by atoms with Crippen LogP contribution in [0.1, 0.15) is 6.42 Å². The molecule has 1 aliphatic heterocycles. The van der Waals surface area contributed by atoms with E-state index in [1.165, 1.54) is 0 Å². The Morgan fingerprint density at radius 1 is 1.78 bits per heavy atom. The Kier molecular flexibility index (Phi) is 2.19. The van der Waals surface area contributed by atoms with Gasteiger partial charge in [0.15, 0.2) is 0 Å². The van der Waals surface area contributed by atoms with Crippen LogP contribution in [0.15, 0.2) is 0 Å². The van der Waals surface area contributed by atoms with Crippen molar-refractivity contribution in [2.45, 2.75) is 12.1 Å². The van der Waals surface area contributed by atoms with E-state index < -0.39 is 6.50 Å². The van der Waals surface area contributed by atoms with Crippen molar-refractivity contribution in [1.82, 2.24) is 5.32 Å². The second-order valence-electron chi connectivity index (χ2n) is 1.87. The topological polar surface area (TPSA) is 46.2 Å². The van der Waals surface area contributed by atoms with Crippen LogP contribution in [-0.4, -0.2) is 18.1 Å². The van der Waals surface area contributed by atoms with Gasteiger partial charge in [-0.3, -0.25) is 4.79 Å². The van der Waals surface area contributed by atoms with Gasteiger partial charge in [-0.25, -0.2) is 0 Å². The molecule has 1 amide bonds. The van der Waals surface area contributed by atoms with E-state index in [9.17, 15) is 9.36 Å². The fourth-order valence-corrected chi connectivity index (χ4v) is 2.55. The second kappa shape index (κ2) is 2.76. The number of hydrogen-bond donors (Lipinski definition) is 1. The number of amides is 1. The maximum absolute atomic E-state index is 10.7. The van der Waals surface area contributed by atoms with Crippen LogP contribution >= 0.6 is 22.0 Å². The summed E-state index contributed by atoms with van der Waals surface area (Å²) in [5.74, 6) is -0.0898. The monoisotopic (exact) mass is 210 g/mol. The third kappa shape index (κ3) is 1.49. The van der Waals surface area contributed by atoms with Gasteiger partial charge in [-0.05, 0) is 0 Å². The summed E-state index contributed by atoms with van der Waals surface area (Å²) in [6, 6.07) is 0. The maximum Gasteiger partial charge on any atom is 0.430 e. The lowest BCUT2D eigenvalue weighted by molar-refractivity contribution is -0.118. The highest BCUT2D eigenvalue weighted by atomic mass is 79.9. The van der Waals surface area contributed by atoms with Crippen LogP contribution in [0.5, 0.6) is 0 Å². The van der Waals surface area contributed by atoms with Gasteiger partial charge >= 0.3 is 6.50 Å². The molecule has 0 aromatic carbocycles. The minimum atomic E-state index is -1.49. The molecule has 1 saturated heterocycles. The van der Waals surface area contributed by atoms with Crippen molar-refractivity contribution >= 4 is 27.9 Å². The first-order valence-electron chi connectivity index (χ1n) is 2.61. The Balaban J connectivity index is 2.60. The molecule has 2 atom stereocenters. The highest BCUT2D eigenvalue weighted by molar-refractivity contribution is 9.37. The molecule has 1 heterocycles. The third-order valence-corrected chi connectivity index (χ3v) is 3.73. The lowest BCUT2D eigenvalue weighted by Gasteiger charge is -1.84. The fraction of sp³-hybridized carbons (Fsp3) is 0.750. The van der Waals surface area contributed by atoms with E-state index in [-0.39, 0.29) is 11.6 Å². The van der Waals surface area contributed by atoms with E-state index in [1.54, 1.807) is 0 Å². The summed E-state index contributed by atoms with van der Waals surface area (Å²) >= 11 is 2.89. The Hall–Kier alpha value is 0.0500. The largest absolute Gasteiger partial charge is 0.430 e. The molecule has 1 aliphatic rings. The average Bonchev–Trinajstić information content (AvgIpc) is 2.13. The molecule has 0 aromatic rings. The molecule has 3 nitrogen and oxygen atoms in total.